The van der Waals surface area contributed by atoms with Gasteiger partial charge in [-0.2, -0.15) is 0 Å². The van der Waals surface area contributed by atoms with Crippen molar-refractivity contribution in [2.45, 2.75) is 38.4 Å². The van der Waals surface area contributed by atoms with Gasteiger partial charge in [0, 0.05) is 12.0 Å². The summed E-state index contributed by atoms with van der Waals surface area (Å²) in [7, 11) is 0. The van der Waals surface area contributed by atoms with Gasteiger partial charge in [0.15, 0.2) is 0 Å². The predicted molar refractivity (Wildman–Crippen MR) is 60.4 cm³/mol. The molecule has 2 rings (SSSR count). The number of aliphatic hydroxyl groups is 1. The Hall–Kier alpha value is -0.800. The summed E-state index contributed by atoms with van der Waals surface area (Å²) in [5.74, 6) is 0.121. The molecule has 16 heavy (non-hydrogen) atoms. The average molecular weight is 245 g/mol. The molecule has 1 fully saturated rings. The molecule has 0 bridgehead atoms. The van der Waals surface area contributed by atoms with E-state index in [4.69, 9.17) is 16.3 Å². The summed E-state index contributed by atoms with van der Waals surface area (Å²) in [5.41, 5.74) is 0.631. The quantitative estimate of drug-likeness (QED) is 0.883. The van der Waals surface area contributed by atoms with Crippen LogP contribution in [0.25, 0.3) is 0 Å². The second-order valence-electron chi connectivity index (χ2n) is 4.25. The summed E-state index contributed by atoms with van der Waals surface area (Å²) >= 11 is 5.94. The van der Waals surface area contributed by atoms with E-state index >= 15 is 0 Å². The van der Waals surface area contributed by atoms with Crippen LogP contribution in [-0.2, 0) is 6.42 Å². The summed E-state index contributed by atoms with van der Waals surface area (Å²) in [4.78, 5) is 0. The van der Waals surface area contributed by atoms with Crippen molar-refractivity contribution in [1.82, 2.24) is 0 Å². The number of benzene rings is 1. The summed E-state index contributed by atoms with van der Waals surface area (Å²) in [6.45, 7) is 1.65. The number of rotatable bonds is 4. The molecule has 4 heteroatoms. The van der Waals surface area contributed by atoms with Crippen molar-refractivity contribution in [3.8, 4) is 5.75 Å². The van der Waals surface area contributed by atoms with Gasteiger partial charge < -0.3 is 9.84 Å². The normalized spacial score (nSPS) is 17.2. The molecule has 1 aromatic carbocycles. The maximum Gasteiger partial charge on any atom is 0.141 e. The Morgan fingerprint density at radius 2 is 2.25 bits per heavy atom. The van der Waals surface area contributed by atoms with Crippen molar-refractivity contribution in [3.63, 3.8) is 0 Å². The fourth-order valence-corrected chi connectivity index (χ4v) is 1.84. The third kappa shape index (κ3) is 2.86. The SMILES string of the molecule is CC(O)Cc1cc(F)cc(Cl)c1OC1CC1. The summed E-state index contributed by atoms with van der Waals surface area (Å²) in [5, 5.41) is 9.62. The van der Waals surface area contributed by atoms with Gasteiger partial charge in [0.25, 0.3) is 0 Å². The van der Waals surface area contributed by atoms with Crippen molar-refractivity contribution in [3.05, 3.63) is 28.5 Å². The first-order valence-electron chi connectivity index (χ1n) is 5.39. The van der Waals surface area contributed by atoms with E-state index in [1.165, 1.54) is 12.1 Å². The van der Waals surface area contributed by atoms with E-state index in [0.29, 0.717) is 17.7 Å². The standard InChI is InChI=1S/C12H14ClFO2/c1-7(15)4-8-5-9(14)6-11(13)12(8)16-10-2-3-10/h5-7,10,15H,2-4H2,1H3. The van der Waals surface area contributed by atoms with E-state index in [0.717, 1.165) is 12.8 Å². The molecule has 88 valence electrons. The molecule has 1 unspecified atom stereocenters. The van der Waals surface area contributed by atoms with Gasteiger partial charge in [0.2, 0.25) is 0 Å². The highest BCUT2D eigenvalue weighted by Crippen LogP contribution is 2.36. The van der Waals surface area contributed by atoms with Crippen molar-refractivity contribution >= 4 is 11.6 Å². The number of hydrogen-bond donors (Lipinski definition) is 1. The summed E-state index contributed by atoms with van der Waals surface area (Å²) in [6, 6.07) is 2.61. The zero-order valence-corrected chi connectivity index (χ0v) is 9.80. The Morgan fingerprint density at radius 3 is 2.81 bits per heavy atom. The Labute approximate surface area is 99.0 Å². The molecular formula is C12H14ClFO2. The van der Waals surface area contributed by atoms with Gasteiger partial charge in [0.1, 0.15) is 11.6 Å². The summed E-state index contributed by atoms with van der Waals surface area (Å²) in [6.07, 6.45) is 2.04. The molecule has 2 nitrogen and oxygen atoms in total. The first-order chi connectivity index (χ1) is 7.56. The molecule has 0 aliphatic heterocycles. The lowest BCUT2D eigenvalue weighted by atomic mass is 10.1. The van der Waals surface area contributed by atoms with E-state index in [-0.39, 0.29) is 11.1 Å². The monoisotopic (exact) mass is 244 g/mol. The molecule has 1 aliphatic rings. The van der Waals surface area contributed by atoms with Gasteiger partial charge in [-0.15, -0.1) is 0 Å². The number of halogens is 2. The van der Waals surface area contributed by atoms with Crippen LogP contribution in [0, 0.1) is 5.82 Å². The van der Waals surface area contributed by atoms with E-state index in [2.05, 4.69) is 0 Å². The van der Waals surface area contributed by atoms with Crippen molar-refractivity contribution < 1.29 is 14.2 Å². The number of hydrogen-bond acceptors (Lipinski definition) is 2. The van der Waals surface area contributed by atoms with Crippen molar-refractivity contribution in [2.24, 2.45) is 0 Å². The van der Waals surface area contributed by atoms with Gasteiger partial charge in [-0.3, -0.25) is 0 Å². The molecule has 0 amide bonds. The molecule has 0 saturated heterocycles. The molecule has 0 spiro atoms. The van der Waals surface area contributed by atoms with E-state index in [1.807, 2.05) is 0 Å². The van der Waals surface area contributed by atoms with Gasteiger partial charge >= 0.3 is 0 Å². The molecule has 1 atom stereocenters. The molecule has 1 saturated carbocycles. The van der Waals surface area contributed by atoms with E-state index < -0.39 is 11.9 Å². The van der Waals surface area contributed by atoms with Crippen LogP contribution < -0.4 is 4.74 Å². The molecule has 0 aromatic heterocycles. The maximum atomic E-state index is 13.2. The fourth-order valence-electron chi connectivity index (χ4n) is 1.57. The lowest BCUT2D eigenvalue weighted by Crippen LogP contribution is -2.08. The van der Waals surface area contributed by atoms with Gasteiger partial charge in [-0.05, 0) is 31.9 Å². The first-order valence-corrected chi connectivity index (χ1v) is 5.76. The Balaban J connectivity index is 2.29. The number of aliphatic hydroxyl groups excluding tert-OH is 1. The second kappa shape index (κ2) is 4.60. The predicted octanol–water partition coefficient (Wildman–Crippen LogP) is 2.94. The third-order valence-electron chi connectivity index (χ3n) is 2.41. The zero-order valence-electron chi connectivity index (χ0n) is 9.04. The third-order valence-corrected chi connectivity index (χ3v) is 2.69. The highest BCUT2D eigenvalue weighted by Gasteiger charge is 2.26. The van der Waals surface area contributed by atoms with Crippen LogP contribution >= 0.6 is 11.6 Å². The van der Waals surface area contributed by atoms with Crippen LogP contribution in [0.3, 0.4) is 0 Å². The lowest BCUT2D eigenvalue weighted by molar-refractivity contribution is 0.192. The Kier molecular flexibility index (Phi) is 3.36. The first kappa shape index (κ1) is 11.7. The van der Waals surface area contributed by atoms with Crippen molar-refractivity contribution in [1.29, 1.82) is 0 Å². The Bertz CT molecular complexity index is 389. The van der Waals surface area contributed by atoms with Crippen molar-refractivity contribution in [2.75, 3.05) is 0 Å². The molecule has 1 aromatic rings. The van der Waals surface area contributed by atoms with Gasteiger partial charge in [-0.25, -0.2) is 4.39 Å². The van der Waals surface area contributed by atoms with Crippen LogP contribution in [0.4, 0.5) is 4.39 Å². The van der Waals surface area contributed by atoms with Crippen LogP contribution in [0.2, 0.25) is 5.02 Å². The lowest BCUT2D eigenvalue weighted by Gasteiger charge is -2.14. The molecule has 1 N–H and O–H groups in total. The van der Waals surface area contributed by atoms with E-state index in [1.54, 1.807) is 6.92 Å². The van der Waals surface area contributed by atoms with Crippen LogP contribution in [0.1, 0.15) is 25.3 Å². The molecule has 0 radical (unpaired) electrons. The van der Waals surface area contributed by atoms with Crippen LogP contribution in [-0.4, -0.2) is 17.3 Å². The molecular weight excluding hydrogens is 231 g/mol. The van der Waals surface area contributed by atoms with Gasteiger partial charge in [0.05, 0.1) is 17.2 Å². The van der Waals surface area contributed by atoms with Gasteiger partial charge in [-0.1, -0.05) is 11.6 Å². The zero-order chi connectivity index (χ0) is 11.7. The minimum Gasteiger partial charge on any atom is -0.489 e. The average Bonchev–Trinajstić information content (AvgIpc) is 2.93. The fraction of sp³-hybridized carbons (Fsp3) is 0.500. The minimum absolute atomic E-state index is 0.204. The number of ether oxygens (including phenoxy) is 1. The molecule has 1 aliphatic carbocycles. The van der Waals surface area contributed by atoms with E-state index in [9.17, 15) is 9.50 Å². The summed E-state index contributed by atoms with van der Waals surface area (Å²) < 4.78 is 18.8. The van der Waals surface area contributed by atoms with Crippen LogP contribution in [0.15, 0.2) is 12.1 Å². The molecule has 0 heterocycles. The topological polar surface area (TPSA) is 29.5 Å². The minimum atomic E-state index is -0.542. The highest BCUT2D eigenvalue weighted by molar-refractivity contribution is 6.32. The highest BCUT2D eigenvalue weighted by atomic mass is 35.5. The largest absolute Gasteiger partial charge is 0.489 e. The smallest absolute Gasteiger partial charge is 0.141 e. The maximum absolute atomic E-state index is 13.2. The van der Waals surface area contributed by atoms with Crippen LogP contribution in [0.5, 0.6) is 5.75 Å². The Morgan fingerprint density at radius 1 is 1.56 bits per heavy atom. The second-order valence-corrected chi connectivity index (χ2v) is 4.65.